The van der Waals surface area contributed by atoms with Gasteiger partial charge in [0.2, 0.25) is 5.91 Å². The van der Waals surface area contributed by atoms with Crippen molar-refractivity contribution >= 4 is 11.7 Å². The summed E-state index contributed by atoms with van der Waals surface area (Å²) in [5.41, 5.74) is 0.641. The maximum Gasteiger partial charge on any atom is 0.220 e. The fourth-order valence-electron chi connectivity index (χ4n) is 2.31. The first kappa shape index (κ1) is 17.0. The van der Waals surface area contributed by atoms with Gasteiger partial charge in [0.05, 0.1) is 12.3 Å². The Balaban J connectivity index is 1.79. The number of amides is 1. The van der Waals surface area contributed by atoms with E-state index in [-0.39, 0.29) is 30.6 Å². The molecule has 5 heteroatoms. The van der Waals surface area contributed by atoms with Crippen LogP contribution in [0.15, 0.2) is 53.1 Å². The maximum atomic E-state index is 12.0. The van der Waals surface area contributed by atoms with Crippen LogP contribution in [0.25, 0.3) is 0 Å². The molecular formula is C18H22N2O3. The Bertz CT molecular complexity index is 621. The van der Waals surface area contributed by atoms with Crippen molar-refractivity contribution in [2.45, 2.75) is 18.9 Å². The highest BCUT2D eigenvalue weighted by molar-refractivity contribution is 5.97. The van der Waals surface area contributed by atoms with Crippen molar-refractivity contribution in [3.63, 3.8) is 0 Å². The number of likely N-dealkylation sites (N-methyl/N-ethyl adjacent to an activating group) is 1. The van der Waals surface area contributed by atoms with Crippen LogP contribution in [-0.4, -0.2) is 37.2 Å². The molecule has 5 nitrogen and oxygen atoms in total. The van der Waals surface area contributed by atoms with Crippen molar-refractivity contribution in [1.29, 1.82) is 0 Å². The fraction of sp³-hybridized carbons (Fsp3) is 0.333. The summed E-state index contributed by atoms with van der Waals surface area (Å²) in [6, 6.07) is 12.7. The van der Waals surface area contributed by atoms with E-state index >= 15 is 0 Å². The summed E-state index contributed by atoms with van der Waals surface area (Å²) < 4.78 is 5.40. The largest absolute Gasteiger partial charge is 0.468 e. The molecule has 0 saturated heterocycles. The van der Waals surface area contributed by atoms with Crippen LogP contribution in [-0.2, 0) is 4.79 Å². The number of benzene rings is 1. The second-order valence-corrected chi connectivity index (χ2v) is 5.59. The Morgan fingerprint density at radius 2 is 1.83 bits per heavy atom. The minimum Gasteiger partial charge on any atom is -0.468 e. The van der Waals surface area contributed by atoms with Gasteiger partial charge in [0, 0.05) is 24.9 Å². The lowest BCUT2D eigenvalue weighted by atomic mass is 10.1. The molecule has 2 aromatic rings. The van der Waals surface area contributed by atoms with Crippen molar-refractivity contribution in [3.05, 3.63) is 60.1 Å². The van der Waals surface area contributed by atoms with Crippen LogP contribution in [0.1, 0.15) is 35.0 Å². The van der Waals surface area contributed by atoms with Gasteiger partial charge in [-0.1, -0.05) is 30.3 Å². The Kier molecular flexibility index (Phi) is 6.11. The minimum atomic E-state index is -0.132. The standard InChI is InChI=1S/C18H22N2O3/c1-20(2)15(17-9-6-12-23-17)13-19-18(22)11-10-16(21)14-7-4-3-5-8-14/h3-9,12,15H,10-11,13H2,1-2H3,(H,19,22). The van der Waals surface area contributed by atoms with Crippen LogP contribution in [0.2, 0.25) is 0 Å². The SMILES string of the molecule is CN(C)C(CNC(=O)CCC(=O)c1ccccc1)c1ccco1. The topological polar surface area (TPSA) is 62.6 Å². The van der Waals surface area contributed by atoms with Gasteiger partial charge in [0.1, 0.15) is 5.76 Å². The molecule has 1 N–H and O–H groups in total. The van der Waals surface area contributed by atoms with E-state index in [2.05, 4.69) is 5.32 Å². The van der Waals surface area contributed by atoms with E-state index in [0.29, 0.717) is 12.1 Å². The molecule has 1 aromatic carbocycles. The average molecular weight is 314 g/mol. The van der Waals surface area contributed by atoms with E-state index < -0.39 is 0 Å². The highest BCUT2D eigenvalue weighted by atomic mass is 16.3. The molecule has 23 heavy (non-hydrogen) atoms. The van der Waals surface area contributed by atoms with Gasteiger partial charge in [-0.05, 0) is 26.2 Å². The number of Topliss-reactive ketones (excluding diaryl/α,β-unsaturated/α-hetero) is 1. The number of nitrogens with zero attached hydrogens (tertiary/aromatic N) is 1. The number of carbonyl (C=O) groups excluding carboxylic acids is 2. The summed E-state index contributed by atoms with van der Waals surface area (Å²) in [5.74, 6) is 0.652. The van der Waals surface area contributed by atoms with Crippen LogP contribution < -0.4 is 5.32 Å². The van der Waals surface area contributed by atoms with Crippen LogP contribution in [0.5, 0.6) is 0 Å². The van der Waals surface area contributed by atoms with E-state index in [1.165, 1.54) is 0 Å². The molecule has 0 fully saturated rings. The monoisotopic (exact) mass is 314 g/mol. The van der Waals surface area contributed by atoms with Gasteiger partial charge in [-0.3, -0.25) is 14.5 Å². The van der Waals surface area contributed by atoms with Gasteiger partial charge < -0.3 is 9.73 Å². The maximum absolute atomic E-state index is 12.0. The Labute approximate surface area is 136 Å². The highest BCUT2D eigenvalue weighted by Crippen LogP contribution is 2.17. The zero-order valence-corrected chi connectivity index (χ0v) is 13.5. The molecule has 0 radical (unpaired) electrons. The van der Waals surface area contributed by atoms with Crippen molar-refractivity contribution in [2.75, 3.05) is 20.6 Å². The molecule has 0 aliphatic rings. The van der Waals surface area contributed by atoms with Crippen LogP contribution in [0.4, 0.5) is 0 Å². The minimum absolute atomic E-state index is 0.0176. The summed E-state index contributed by atoms with van der Waals surface area (Å²) in [5, 5.41) is 2.87. The van der Waals surface area contributed by atoms with Gasteiger partial charge >= 0.3 is 0 Å². The zero-order valence-electron chi connectivity index (χ0n) is 13.5. The van der Waals surface area contributed by atoms with E-state index in [1.807, 2.05) is 49.3 Å². The first-order chi connectivity index (χ1) is 11.1. The quantitative estimate of drug-likeness (QED) is 0.761. The second kappa shape index (κ2) is 8.29. The molecule has 2 rings (SSSR count). The van der Waals surface area contributed by atoms with E-state index in [0.717, 1.165) is 5.76 Å². The molecule has 1 amide bonds. The number of ketones is 1. The molecule has 0 spiro atoms. The van der Waals surface area contributed by atoms with Crippen molar-refractivity contribution < 1.29 is 14.0 Å². The molecule has 0 aliphatic heterocycles. The summed E-state index contributed by atoms with van der Waals surface area (Å²) in [6.45, 7) is 0.443. The highest BCUT2D eigenvalue weighted by Gasteiger charge is 2.18. The Morgan fingerprint density at radius 3 is 2.43 bits per heavy atom. The number of carbonyl (C=O) groups is 2. The number of hydrogen-bond acceptors (Lipinski definition) is 4. The smallest absolute Gasteiger partial charge is 0.220 e. The normalized spacial score (nSPS) is 12.1. The number of nitrogens with one attached hydrogen (secondary N) is 1. The fourth-order valence-corrected chi connectivity index (χ4v) is 2.31. The molecule has 0 bridgehead atoms. The van der Waals surface area contributed by atoms with Gasteiger partial charge in [0.25, 0.3) is 0 Å². The lowest BCUT2D eigenvalue weighted by Crippen LogP contribution is -2.34. The third kappa shape index (κ3) is 5.07. The summed E-state index contributed by atoms with van der Waals surface area (Å²) in [7, 11) is 3.86. The zero-order chi connectivity index (χ0) is 16.7. The lowest BCUT2D eigenvalue weighted by Gasteiger charge is -2.22. The molecule has 0 saturated carbocycles. The lowest BCUT2D eigenvalue weighted by molar-refractivity contribution is -0.121. The number of furan rings is 1. The number of hydrogen-bond donors (Lipinski definition) is 1. The molecule has 122 valence electrons. The van der Waals surface area contributed by atoms with E-state index in [1.54, 1.807) is 18.4 Å². The molecule has 1 atom stereocenters. The molecular weight excluding hydrogens is 292 g/mol. The molecule has 1 aromatic heterocycles. The molecule has 0 aliphatic carbocycles. The first-order valence-electron chi connectivity index (χ1n) is 7.62. The number of rotatable bonds is 8. The Hall–Kier alpha value is -2.40. The predicted molar refractivity (Wildman–Crippen MR) is 88.2 cm³/mol. The van der Waals surface area contributed by atoms with Gasteiger partial charge in [-0.15, -0.1) is 0 Å². The molecule has 1 unspecified atom stereocenters. The summed E-state index contributed by atoms with van der Waals surface area (Å²) in [6.07, 6.45) is 2.02. The summed E-state index contributed by atoms with van der Waals surface area (Å²) >= 11 is 0. The predicted octanol–water partition coefficient (Wildman–Crippen LogP) is 2.66. The third-order valence-corrected chi connectivity index (χ3v) is 3.66. The van der Waals surface area contributed by atoms with Gasteiger partial charge in [-0.25, -0.2) is 0 Å². The molecule has 1 heterocycles. The van der Waals surface area contributed by atoms with E-state index in [4.69, 9.17) is 4.42 Å². The first-order valence-corrected chi connectivity index (χ1v) is 7.62. The average Bonchev–Trinajstić information content (AvgIpc) is 3.07. The van der Waals surface area contributed by atoms with Gasteiger partial charge in [0.15, 0.2) is 5.78 Å². The summed E-state index contributed by atoms with van der Waals surface area (Å²) in [4.78, 5) is 25.9. The second-order valence-electron chi connectivity index (χ2n) is 5.59. The van der Waals surface area contributed by atoms with Crippen LogP contribution in [0, 0.1) is 0 Å². The van der Waals surface area contributed by atoms with Crippen LogP contribution >= 0.6 is 0 Å². The van der Waals surface area contributed by atoms with Gasteiger partial charge in [-0.2, -0.15) is 0 Å². The Morgan fingerprint density at radius 1 is 1.09 bits per heavy atom. The van der Waals surface area contributed by atoms with Crippen LogP contribution in [0.3, 0.4) is 0 Å². The van der Waals surface area contributed by atoms with E-state index in [9.17, 15) is 9.59 Å². The third-order valence-electron chi connectivity index (χ3n) is 3.66. The van der Waals surface area contributed by atoms with Crippen molar-refractivity contribution in [2.24, 2.45) is 0 Å². The van der Waals surface area contributed by atoms with Crippen molar-refractivity contribution in [3.8, 4) is 0 Å². The van der Waals surface area contributed by atoms with Crippen molar-refractivity contribution in [1.82, 2.24) is 10.2 Å².